The van der Waals surface area contributed by atoms with Crippen molar-refractivity contribution < 1.29 is 0 Å². The van der Waals surface area contributed by atoms with Gasteiger partial charge in [0.15, 0.2) is 0 Å². The van der Waals surface area contributed by atoms with E-state index >= 15 is 0 Å². The molecular weight excluding hydrogens is 146 g/mol. The lowest BCUT2D eigenvalue weighted by molar-refractivity contribution is 0.332. The Morgan fingerprint density at radius 3 is 1.67 bits per heavy atom. The van der Waals surface area contributed by atoms with Crippen LogP contribution in [0.5, 0.6) is 0 Å². The van der Waals surface area contributed by atoms with Crippen molar-refractivity contribution >= 4 is 0 Å². The van der Waals surface area contributed by atoms with Crippen molar-refractivity contribution in [2.45, 2.75) is 66.0 Å². The minimum atomic E-state index is 0.704. The van der Waals surface area contributed by atoms with Gasteiger partial charge in [-0.15, -0.1) is 0 Å². The largest absolute Gasteiger partial charge is 0.311 e. The number of rotatable bonds is 6. The lowest BCUT2D eigenvalue weighted by Crippen LogP contribution is -2.40. The van der Waals surface area contributed by atoms with Gasteiger partial charge in [0.1, 0.15) is 0 Å². The van der Waals surface area contributed by atoms with Crippen molar-refractivity contribution in [3.05, 3.63) is 0 Å². The van der Waals surface area contributed by atoms with Gasteiger partial charge in [-0.25, -0.2) is 0 Å². The molecule has 0 aromatic carbocycles. The Labute approximate surface area is 77.9 Å². The predicted molar refractivity (Wildman–Crippen MR) is 56.4 cm³/mol. The van der Waals surface area contributed by atoms with E-state index in [0.29, 0.717) is 6.04 Å². The van der Waals surface area contributed by atoms with Crippen LogP contribution in [0.25, 0.3) is 0 Å². The third-order valence-electron chi connectivity index (χ3n) is 2.68. The van der Waals surface area contributed by atoms with Crippen LogP contribution in [0.2, 0.25) is 0 Å². The maximum atomic E-state index is 3.70. The molecule has 0 radical (unpaired) electrons. The molecular formula is C11H25N. The fourth-order valence-corrected chi connectivity index (χ4v) is 1.61. The normalized spacial score (nSPS) is 14.2. The Morgan fingerprint density at radius 2 is 1.42 bits per heavy atom. The molecule has 0 rings (SSSR count). The van der Waals surface area contributed by atoms with Crippen molar-refractivity contribution in [3.8, 4) is 0 Å². The Kier molecular flexibility index (Phi) is 6.45. The second-order valence-corrected chi connectivity index (χ2v) is 3.94. The van der Waals surface area contributed by atoms with Gasteiger partial charge in [-0.05, 0) is 25.2 Å². The fourth-order valence-electron chi connectivity index (χ4n) is 1.61. The lowest BCUT2D eigenvalue weighted by Gasteiger charge is -2.26. The van der Waals surface area contributed by atoms with Crippen LogP contribution in [-0.2, 0) is 0 Å². The van der Waals surface area contributed by atoms with Gasteiger partial charge in [-0.1, -0.05) is 34.6 Å². The van der Waals surface area contributed by atoms with Crippen LogP contribution in [0, 0.1) is 5.92 Å². The molecule has 1 atom stereocenters. The van der Waals surface area contributed by atoms with Gasteiger partial charge in [-0.3, -0.25) is 0 Å². The van der Waals surface area contributed by atoms with Gasteiger partial charge in [0, 0.05) is 12.1 Å². The minimum absolute atomic E-state index is 0.704. The molecule has 1 heteroatoms. The SMILES string of the molecule is CCC(CC)NC(CC)C(C)C. The first-order chi connectivity index (χ1) is 5.65. The van der Waals surface area contributed by atoms with Crippen molar-refractivity contribution in [3.63, 3.8) is 0 Å². The Hall–Kier alpha value is -0.0400. The van der Waals surface area contributed by atoms with E-state index in [1.54, 1.807) is 0 Å². The van der Waals surface area contributed by atoms with E-state index in [1.165, 1.54) is 19.3 Å². The van der Waals surface area contributed by atoms with Crippen LogP contribution in [0.1, 0.15) is 53.9 Å². The molecule has 0 aliphatic carbocycles. The van der Waals surface area contributed by atoms with Gasteiger partial charge in [-0.2, -0.15) is 0 Å². The summed E-state index contributed by atoms with van der Waals surface area (Å²) >= 11 is 0. The molecule has 12 heavy (non-hydrogen) atoms. The van der Waals surface area contributed by atoms with Crippen molar-refractivity contribution in [2.24, 2.45) is 5.92 Å². The topological polar surface area (TPSA) is 12.0 Å². The van der Waals surface area contributed by atoms with Crippen LogP contribution in [0.4, 0.5) is 0 Å². The van der Waals surface area contributed by atoms with Crippen LogP contribution >= 0.6 is 0 Å². The molecule has 0 aromatic heterocycles. The quantitative estimate of drug-likeness (QED) is 0.647. The maximum Gasteiger partial charge on any atom is 0.00900 e. The molecule has 0 saturated carbocycles. The number of nitrogens with one attached hydrogen (secondary N) is 1. The summed E-state index contributed by atoms with van der Waals surface area (Å²) < 4.78 is 0. The summed E-state index contributed by atoms with van der Waals surface area (Å²) in [4.78, 5) is 0. The summed E-state index contributed by atoms with van der Waals surface area (Å²) in [5, 5.41) is 3.70. The highest BCUT2D eigenvalue weighted by Gasteiger charge is 2.13. The summed E-state index contributed by atoms with van der Waals surface area (Å²) in [7, 11) is 0. The average molecular weight is 171 g/mol. The molecule has 0 aliphatic heterocycles. The first kappa shape index (κ1) is 12.0. The Morgan fingerprint density at radius 1 is 0.917 bits per heavy atom. The van der Waals surface area contributed by atoms with E-state index in [9.17, 15) is 0 Å². The van der Waals surface area contributed by atoms with E-state index in [0.717, 1.165) is 12.0 Å². The predicted octanol–water partition coefficient (Wildman–Crippen LogP) is 3.20. The van der Waals surface area contributed by atoms with Gasteiger partial charge in [0.05, 0.1) is 0 Å². The van der Waals surface area contributed by atoms with Gasteiger partial charge >= 0.3 is 0 Å². The zero-order valence-corrected chi connectivity index (χ0v) is 9.35. The lowest BCUT2D eigenvalue weighted by atomic mass is 9.99. The fraction of sp³-hybridized carbons (Fsp3) is 1.00. The Bertz CT molecular complexity index is 95.2. The van der Waals surface area contributed by atoms with Crippen LogP contribution in [0.15, 0.2) is 0 Å². The summed E-state index contributed by atoms with van der Waals surface area (Å²) in [6.45, 7) is 11.4. The molecule has 0 amide bonds. The molecule has 0 heterocycles. The first-order valence-electron chi connectivity index (χ1n) is 5.41. The van der Waals surface area contributed by atoms with Crippen LogP contribution < -0.4 is 5.32 Å². The zero-order chi connectivity index (χ0) is 9.56. The van der Waals surface area contributed by atoms with E-state index in [2.05, 4.69) is 39.9 Å². The van der Waals surface area contributed by atoms with Crippen LogP contribution in [0.3, 0.4) is 0 Å². The molecule has 0 spiro atoms. The average Bonchev–Trinajstić information content (AvgIpc) is 2.06. The zero-order valence-electron chi connectivity index (χ0n) is 9.35. The van der Waals surface area contributed by atoms with Gasteiger partial charge in [0.2, 0.25) is 0 Å². The molecule has 74 valence electrons. The summed E-state index contributed by atoms with van der Waals surface area (Å²) in [6.07, 6.45) is 3.74. The molecule has 0 bridgehead atoms. The van der Waals surface area contributed by atoms with Crippen LogP contribution in [-0.4, -0.2) is 12.1 Å². The molecule has 1 nitrogen and oxygen atoms in total. The Balaban J connectivity index is 3.82. The molecule has 1 unspecified atom stereocenters. The third kappa shape index (κ3) is 4.10. The van der Waals surface area contributed by atoms with Crippen molar-refractivity contribution in [1.29, 1.82) is 0 Å². The van der Waals surface area contributed by atoms with Crippen molar-refractivity contribution in [2.75, 3.05) is 0 Å². The van der Waals surface area contributed by atoms with Crippen molar-refractivity contribution in [1.82, 2.24) is 5.32 Å². The summed E-state index contributed by atoms with van der Waals surface area (Å²) in [5.74, 6) is 0.760. The molecule has 0 saturated heterocycles. The molecule has 0 fully saturated rings. The highest BCUT2D eigenvalue weighted by atomic mass is 14.9. The van der Waals surface area contributed by atoms with E-state index in [1.807, 2.05) is 0 Å². The first-order valence-corrected chi connectivity index (χ1v) is 5.41. The smallest absolute Gasteiger partial charge is 0.00900 e. The standard InChI is InChI=1S/C11H25N/c1-6-10(7-2)12-11(8-3)9(4)5/h9-12H,6-8H2,1-5H3. The number of hydrogen-bond acceptors (Lipinski definition) is 1. The van der Waals surface area contributed by atoms with E-state index in [-0.39, 0.29) is 0 Å². The maximum absolute atomic E-state index is 3.70. The molecule has 1 N–H and O–H groups in total. The van der Waals surface area contributed by atoms with E-state index < -0.39 is 0 Å². The minimum Gasteiger partial charge on any atom is -0.311 e. The highest BCUT2D eigenvalue weighted by Crippen LogP contribution is 2.08. The van der Waals surface area contributed by atoms with Gasteiger partial charge < -0.3 is 5.32 Å². The second-order valence-electron chi connectivity index (χ2n) is 3.94. The van der Waals surface area contributed by atoms with Gasteiger partial charge in [0.25, 0.3) is 0 Å². The second kappa shape index (κ2) is 6.47. The monoisotopic (exact) mass is 171 g/mol. The highest BCUT2D eigenvalue weighted by molar-refractivity contribution is 4.73. The molecule has 0 aromatic rings. The summed E-state index contributed by atoms with van der Waals surface area (Å²) in [5.41, 5.74) is 0. The van der Waals surface area contributed by atoms with E-state index in [4.69, 9.17) is 0 Å². The molecule has 0 aliphatic rings. The summed E-state index contributed by atoms with van der Waals surface area (Å²) in [6, 6.07) is 1.42. The third-order valence-corrected chi connectivity index (χ3v) is 2.68. The number of hydrogen-bond donors (Lipinski definition) is 1.